The summed E-state index contributed by atoms with van der Waals surface area (Å²) < 4.78 is 37.5. The van der Waals surface area contributed by atoms with Crippen LogP contribution in [0, 0.1) is 0 Å². The molecule has 1 amide bonds. The molecule has 0 saturated carbocycles. The third-order valence-corrected chi connectivity index (χ3v) is 1.77. The number of amides is 1. The lowest BCUT2D eigenvalue weighted by Gasteiger charge is -2.12. The maximum absolute atomic E-state index is 12.5. The van der Waals surface area contributed by atoms with Gasteiger partial charge in [-0.25, -0.2) is 0 Å². The molecule has 3 nitrogen and oxygen atoms in total. The minimum absolute atomic E-state index is 0.0370. The summed E-state index contributed by atoms with van der Waals surface area (Å²) in [6.45, 7) is 0. The summed E-state index contributed by atoms with van der Waals surface area (Å²) in [4.78, 5) is 21.1. The van der Waals surface area contributed by atoms with Crippen LogP contribution in [0.2, 0.25) is 0 Å². The molecule has 1 aromatic rings. The highest BCUT2D eigenvalue weighted by molar-refractivity contribution is 5.97. The van der Waals surface area contributed by atoms with Crippen LogP contribution in [0.4, 0.5) is 13.2 Å². The van der Waals surface area contributed by atoms with Crippen LogP contribution >= 0.6 is 0 Å². The Labute approximate surface area is 82.7 Å². The van der Waals surface area contributed by atoms with Gasteiger partial charge in [-0.1, -0.05) is 12.1 Å². The summed E-state index contributed by atoms with van der Waals surface area (Å²) in [5.41, 5.74) is 2.20. The summed E-state index contributed by atoms with van der Waals surface area (Å²) in [6, 6.07) is 3.07. The second-order valence-corrected chi connectivity index (χ2v) is 2.75. The number of benzene rings is 1. The third-order valence-electron chi connectivity index (χ3n) is 1.77. The lowest BCUT2D eigenvalue weighted by atomic mass is 10.0. The van der Waals surface area contributed by atoms with E-state index in [2.05, 4.69) is 0 Å². The van der Waals surface area contributed by atoms with Crippen molar-refractivity contribution in [2.24, 2.45) is 5.73 Å². The van der Waals surface area contributed by atoms with Crippen LogP contribution in [0.15, 0.2) is 18.2 Å². The van der Waals surface area contributed by atoms with Crippen molar-refractivity contribution in [2.45, 2.75) is 6.18 Å². The Morgan fingerprint density at radius 2 is 1.93 bits per heavy atom. The van der Waals surface area contributed by atoms with Crippen molar-refractivity contribution in [1.29, 1.82) is 0 Å². The summed E-state index contributed by atoms with van der Waals surface area (Å²) in [6.07, 6.45) is -4.74. The predicted molar refractivity (Wildman–Crippen MR) is 45.3 cm³/mol. The lowest BCUT2D eigenvalue weighted by Crippen LogP contribution is -2.20. The van der Waals surface area contributed by atoms with Gasteiger partial charge in [0.2, 0.25) is 5.91 Å². The van der Waals surface area contributed by atoms with E-state index in [-0.39, 0.29) is 6.29 Å². The van der Waals surface area contributed by atoms with Gasteiger partial charge in [-0.2, -0.15) is 13.2 Å². The van der Waals surface area contributed by atoms with Gasteiger partial charge in [-0.05, 0) is 6.07 Å². The zero-order valence-corrected chi connectivity index (χ0v) is 7.34. The molecule has 2 N–H and O–H groups in total. The number of primary amides is 1. The van der Waals surface area contributed by atoms with E-state index in [1.807, 2.05) is 0 Å². The fourth-order valence-electron chi connectivity index (χ4n) is 1.19. The molecule has 0 aliphatic carbocycles. The minimum atomic E-state index is -4.78. The van der Waals surface area contributed by atoms with Crippen LogP contribution in [-0.2, 0) is 6.18 Å². The van der Waals surface area contributed by atoms with Crippen LogP contribution in [0.25, 0.3) is 0 Å². The average molecular weight is 217 g/mol. The Morgan fingerprint density at radius 3 is 2.33 bits per heavy atom. The largest absolute Gasteiger partial charge is 0.417 e. The van der Waals surface area contributed by atoms with Crippen molar-refractivity contribution >= 4 is 12.2 Å². The first-order chi connectivity index (χ1) is 6.88. The molecule has 0 saturated heterocycles. The molecule has 0 unspecified atom stereocenters. The molecule has 0 heterocycles. The Balaban J connectivity index is 3.54. The first-order valence-electron chi connectivity index (χ1n) is 3.83. The normalized spacial score (nSPS) is 11.1. The Hall–Kier alpha value is -1.85. The van der Waals surface area contributed by atoms with Gasteiger partial charge < -0.3 is 5.73 Å². The van der Waals surface area contributed by atoms with Crippen molar-refractivity contribution in [2.75, 3.05) is 0 Å². The van der Waals surface area contributed by atoms with Gasteiger partial charge in [-0.3, -0.25) is 9.59 Å². The fraction of sp³-hybridized carbons (Fsp3) is 0.111. The van der Waals surface area contributed by atoms with E-state index in [1.54, 1.807) is 0 Å². The van der Waals surface area contributed by atoms with E-state index < -0.39 is 28.8 Å². The van der Waals surface area contributed by atoms with Gasteiger partial charge in [0.15, 0.2) is 6.29 Å². The van der Waals surface area contributed by atoms with Crippen molar-refractivity contribution in [3.63, 3.8) is 0 Å². The number of aldehydes is 1. The predicted octanol–water partition coefficient (Wildman–Crippen LogP) is 1.62. The van der Waals surface area contributed by atoms with Crippen molar-refractivity contribution in [1.82, 2.24) is 0 Å². The maximum atomic E-state index is 12.5. The van der Waals surface area contributed by atoms with Gasteiger partial charge in [0, 0.05) is 5.56 Å². The molecule has 0 fully saturated rings. The molecular weight excluding hydrogens is 211 g/mol. The second kappa shape index (κ2) is 3.72. The number of halogens is 3. The lowest BCUT2D eigenvalue weighted by molar-refractivity contribution is -0.138. The van der Waals surface area contributed by atoms with E-state index >= 15 is 0 Å². The molecule has 6 heteroatoms. The van der Waals surface area contributed by atoms with Crippen LogP contribution in [0.5, 0.6) is 0 Å². The van der Waals surface area contributed by atoms with E-state index in [0.717, 1.165) is 12.1 Å². The molecule has 15 heavy (non-hydrogen) atoms. The monoisotopic (exact) mass is 217 g/mol. The van der Waals surface area contributed by atoms with Crippen LogP contribution in [0.3, 0.4) is 0 Å². The number of rotatable bonds is 2. The highest BCUT2D eigenvalue weighted by Crippen LogP contribution is 2.33. The van der Waals surface area contributed by atoms with Crippen molar-refractivity contribution < 1.29 is 22.8 Å². The average Bonchev–Trinajstić information content (AvgIpc) is 2.15. The standard InChI is InChI=1S/C9H6F3NO2/c10-9(11,12)7-5(4-14)2-1-3-6(7)8(13)15/h1-4H,(H2,13,15). The molecule has 0 atom stereocenters. The molecule has 0 bridgehead atoms. The summed E-state index contributed by atoms with van der Waals surface area (Å²) >= 11 is 0. The summed E-state index contributed by atoms with van der Waals surface area (Å²) in [5.74, 6) is -1.22. The number of hydrogen-bond acceptors (Lipinski definition) is 2. The van der Waals surface area contributed by atoms with E-state index in [1.165, 1.54) is 6.07 Å². The van der Waals surface area contributed by atoms with Gasteiger partial charge in [0.05, 0.1) is 11.1 Å². The second-order valence-electron chi connectivity index (χ2n) is 2.75. The number of carbonyl (C=O) groups excluding carboxylic acids is 2. The zero-order chi connectivity index (χ0) is 11.6. The van der Waals surface area contributed by atoms with Gasteiger partial charge in [0.1, 0.15) is 0 Å². The highest BCUT2D eigenvalue weighted by Gasteiger charge is 2.37. The Kier molecular flexibility index (Phi) is 2.78. The maximum Gasteiger partial charge on any atom is 0.417 e. The number of alkyl halides is 3. The SMILES string of the molecule is NC(=O)c1cccc(C=O)c1C(F)(F)F. The zero-order valence-electron chi connectivity index (χ0n) is 7.34. The van der Waals surface area contributed by atoms with Gasteiger partial charge >= 0.3 is 6.18 Å². The third kappa shape index (κ3) is 2.15. The first kappa shape index (κ1) is 11.2. The molecule has 0 aliphatic rings. The molecule has 0 aromatic heterocycles. The molecule has 0 aliphatic heterocycles. The Morgan fingerprint density at radius 1 is 1.33 bits per heavy atom. The minimum Gasteiger partial charge on any atom is -0.366 e. The highest BCUT2D eigenvalue weighted by atomic mass is 19.4. The Bertz CT molecular complexity index is 412. The first-order valence-corrected chi connectivity index (χ1v) is 3.83. The smallest absolute Gasteiger partial charge is 0.366 e. The molecule has 0 radical (unpaired) electrons. The molecule has 0 spiro atoms. The number of carbonyl (C=O) groups is 2. The molecule has 1 aromatic carbocycles. The van der Waals surface area contributed by atoms with Crippen molar-refractivity contribution in [3.05, 3.63) is 34.9 Å². The number of nitrogens with two attached hydrogens (primary N) is 1. The molecular formula is C9H6F3NO2. The van der Waals surface area contributed by atoms with E-state index in [4.69, 9.17) is 5.73 Å². The van der Waals surface area contributed by atoms with Crippen LogP contribution < -0.4 is 5.73 Å². The number of hydrogen-bond donors (Lipinski definition) is 1. The van der Waals surface area contributed by atoms with Crippen LogP contribution in [-0.4, -0.2) is 12.2 Å². The topological polar surface area (TPSA) is 60.2 Å². The van der Waals surface area contributed by atoms with Gasteiger partial charge in [-0.15, -0.1) is 0 Å². The van der Waals surface area contributed by atoms with Crippen LogP contribution in [0.1, 0.15) is 26.3 Å². The van der Waals surface area contributed by atoms with Crippen molar-refractivity contribution in [3.8, 4) is 0 Å². The van der Waals surface area contributed by atoms with E-state index in [0.29, 0.717) is 0 Å². The van der Waals surface area contributed by atoms with E-state index in [9.17, 15) is 22.8 Å². The van der Waals surface area contributed by atoms with Gasteiger partial charge in [0.25, 0.3) is 0 Å². The quantitative estimate of drug-likeness (QED) is 0.765. The summed E-state index contributed by atoms with van der Waals surface area (Å²) in [7, 11) is 0. The molecule has 1 rings (SSSR count). The molecule has 80 valence electrons. The fourth-order valence-corrected chi connectivity index (χ4v) is 1.19. The summed E-state index contributed by atoms with van der Waals surface area (Å²) in [5, 5.41) is 0.